The zero-order chi connectivity index (χ0) is 14.3. The fraction of sp³-hybridized carbons (Fsp3) is 0.467. The van der Waals surface area contributed by atoms with Gasteiger partial charge in [0.1, 0.15) is 5.52 Å². The lowest BCUT2D eigenvalue weighted by atomic mass is 10.0. The lowest BCUT2D eigenvalue weighted by Gasteiger charge is -2.15. The second kappa shape index (κ2) is 4.90. The average Bonchev–Trinajstić information content (AvgIpc) is 3.17. The van der Waals surface area contributed by atoms with Crippen LogP contribution in [0, 0.1) is 5.92 Å². The maximum absolute atomic E-state index is 11.9. The molecule has 5 heteroatoms. The van der Waals surface area contributed by atoms with E-state index in [4.69, 9.17) is 10.2 Å². The number of nitrogens with zero attached hydrogens (tertiary/aromatic N) is 1. The summed E-state index contributed by atoms with van der Waals surface area (Å²) in [4.78, 5) is 16.4. The van der Waals surface area contributed by atoms with Crippen LogP contribution in [0.3, 0.4) is 0 Å². The molecule has 2 aromatic rings. The van der Waals surface area contributed by atoms with Crippen molar-refractivity contribution in [2.24, 2.45) is 11.7 Å². The van der Waals surface area contributed by atoms with Crippen LogP contribution in [0.2, 0.25) is 0 Å². The van der Waals surface area contributed by atoms with Gasteiger partial charge in [0.25, 0.3) is 0 Å². The van der Waals surface area contributed by atoms with E-state index in [-0.39, 0.29) is 11.8 Å². The summed E-state index contributed by atoms with van der Waals surface area (Å²) in [6.45, 7) is 3.85. The number of aromatic nitrogens is 1. The molecule has 106 valence electrons. The van der Waals surface area contributed by atoms with Crippen molar-refractivity contribution < 1.29 is 9.21 Å². The van der Waals surface area contributed by atoms with Crippen LogP contribution in [0.4, 0.5) is 5.69 Å². The number of amides is 1. The Labute approximate surface area is 117 Å². The van der Waals surface area contributed by atoms with Gasteiger partial charge in [0.15, 0.2) is 11.5 Å². The minimum atomic E-state index is -0.509. The Balaban J connectivity index is 1.80. The van der Waals surface area contributed by atoms with Crippen molar-refractivity contribution in [1.29, 1.82) is 0 Å². The number of fused-ring (bicyclic) bond motifs is 1. The van der Waals surface area contributed by atoms with Crippen LogP contribution in [0.25, 0.3) is 11.1 Å². The van der Waals surface area contributed by atoms with Crippen molar-refractivity contribution in [1.82, 2.24) is 4.98 Å². The van der Waals surface area contributed by atoms with Gasteiger partial charge < -0.3 is 15.5 Å². The second-order valence-corrected chi connectivity index (χ2v) is 5.77. The summed E-state index contributed by atoms with van der Waals surface area (Å²) in [5.41, 5.74) is 8.07. The summed E-state index contributed by atoms with van der Waals surface area (Å²) in [6, 6.07) is 4.97. The Morgan fingerprint density at radius 2 is 2.20 bits per heavy atom. The van der Waals surface area contributed by atoms with Crippen LogP contribution in [0.1, 0.15) is 38.5 Å². The van der Waals surface area contributed by atoms with Crippen molar-refractivity contribution in [2.45, 2.75) is 38.6 Å². The highest BCUT2D eigenvalue weighted by atomic mass is 16.3. The first kappa shape index (κ1) is 13.1. The molecule has 1 aromatic carbocycles. The Morgan fingerprint density at radius 1 is 1.45 bits per heavy atom. The molecule has 1 aliphatic rings. The molecule has 1 amide bonds. The molecule has 0 bridgehead atoms. The highest BCUT2D eigenvalue weighted by molar-refractivity contribution is 5.96. The van der Waals surface area contributed by atoms with Gasteiger partial charge in [0.2, 0.25) is 5.91 Å². The van der Waals surface area contributed by atoms with Gasteiger partial charge in [-0.2, -0.15) is 0 Å². The largest absolute Gasteiger partial charge is 0.440 e. The quantitative estimate of drug-likeness (QED) is 0.897. The van der Waals surface area contributed by atoms with Gasteiger partial charge in [-0.15, -0.1) is 0 Å². The van der Waals surface area contributed by atoms with Gasteiger partial charge in [-0.3, -0.25) is 4.79 Å². The molecule has 3 N–H and O–H groups in total. The fourth-order valence-corrected chi connectivity index (χ4v) is 2.06. The minimum absolute atomic E-state index is 0.104. The molecule has 1 saturated carbocycles. The van der Waals surface area contributed by atoms with Gasteiger partial charge in [-0.25, -0.2) is 4.98 Å². The fourth-order valence-electron chi connectivity index (χ4n) is 2.06. The van der Waals surface area contributed by atoms with Crippen LogP contribution in [-0.4, -0.2) is 16.9 Å². The molecule has 1 unspecified atom stereocenters. The molecule has 1 heterocycles. The molecule has 1 atom stereocenters. The third-order valence-corrected chi connectivity index (χ3v) is 3.62. The lowest BCUT2D eigenvalue weighted by Crippen LogP contribution is -2.39. The van der Waals surface area contributed by atoms with Crippen molar-refractivity contribution in [3.05, 3.63) is 24.1 Å². The molecular weight excluding hydrogens is 254 g/mol. The Morgan fingerprint density at radius 3 is 2.85 bits per heavy atom. The van der Waals surface area contributed by atoms with Crippen LogP contribution < -0.4 is 11.1 Å². The summed E-state index contributed by atoms with van der Waals surface area (Å²) < 4.78 is 5.69. The number of hydrogen-bond acceptors (Lipinski definition) is 4. The molecule has 5 nitrogen and oxygen atoms in total. The number of oxazole rings is 1. The number of rotatable bonds is 4. The minimum Gasteiger partial charge on any atom is -0.440 e. The number of benzene rings is 1. The summed E-state index contributed by atoms with van der Waals surface area (Å²) in [6.07, 6.45) is 2.30. The smallest absolute Gasteiger partial charge is 0.241 e. The highest BCUT2D eigenvalue weighted by Crippen LogP contribution is 2.40. The van der Waals surface area contributed by atoms with Gasteiger partial charge in [-0.05, 0) is 37.0 Å². The number of hydrogen-bond donors (Lipinski definition) is 2. The number of anilines is 1. The number of carbonyl (C=O) groups is 1. The van der Waals surface area contributed by atoms with Gasteiger partial charge in [-0.1, -0.05) is 13.8 Å². The van der Waals surface area contributed by atoms with Gasteiger partial charge in [0, 0.05) is 11.6 Å². The molecular formula is C15H19N3O2. The average molecular weight is 273 g/mol. The monoisotopic (exact) mass is 273 g/mol. The van der Waals surface area contributed by atoms with E-state index in [0.29, 0.717) is 11.6 Å². The molecule has 0 saturated heterocycles. The third-order valence-electron chi connectivity index (χ3n) is 3.62. The molecule has 1 aromatic heterocycles. The maximum atomic E-state index is 11.9. The Bertz CT molecular complexity index is 644. The lowest BCUT2D eigenvalue weighted by molar-refractivity contribution is -0.118. The topological polar surface area (TPSA) is 81.2 Å². The van der Waals surface area contributed by atoms with Crippen molar-refractivity contribution >= 4 is 22.7 Å². The van der Waals surface area contributed by atoms with E-state index in [9.17, 15) is 4.79 Å². The first-order valence-corrected chi connectivity index (χ1v) is 7.01. The standard InChI is InChI=1S/C15H19N3O2/c1-8(2)13(16)14(19)17-10-5-6-12-11(7-10)18-15(20-12)9-3-4-9/h5-9,13H,3-4,16H2,1-2H3,(H,17,19). The third kappa shape index (κ3) is 2.54. The zero-order valence-corrected chi connectivity index (χ0v) is 11.7. The van der Waals surface area contributed by atoms with E-state index >= 15 is 0 Å². The first-order chi connectivity index (χ1) is 9.54. The summed E-state index contributed by atoms with van der Waals surface area (Å²) in [5.74, 6) is 1.22. The van der Waals surface area contributed by atoms with E-state index in [0.717, 1.165) is 29.8 Å². The highest BCUT2D eigenvalue weighted by Gasteiger charge is 2.29. The Hall–Kier alpha value is -1.88. The predicted octanol–water partition coefficient (Wildman–Crippen LogP) is 2.63. The SMILES string of the molecule is CC(C)C(N)C(=O)Nc1ccc2oc(C3CC3)nc2c1. The number of carbonyl (C=O) groups excluding carboxylic acids is 1. The number of nitrogens with one attached hydrogen (secondary N) is 1. The summed E-state index contributed by atoms with van der Waals surface area (Å²) >= 11 is 0. The normalized spacial score (nSPS) is 16.6. The van der Waals surface area contributed by atoms with Crippen molar-refractivity contribution in [3.8, 4) is 0 Å². The van der Waals surface area contributed by atoms with Crippen LogP contribution >= 0.6 is 0 Å². The van der Waals surface area contributed by atoms with Crippen molar-refractivity contribution in [3.63, 3.8) is 0 Å². The predicted molar refractivity (Wildman–Crippen MR) is 77.4 cm³/mol. The van der Waals surface area contributed by atoms with Crippen LogP contribution in [0.15, 0.2) is 22.6 Å². The van der Waals surface area contributed by atoms with E-state index in [1.165, 1.54) is 0 Å². The molecule has 3 rings (SSSR count). The van der Waals surface area contributed by atoms with Crippen LogP contribution in [0.5, 0.6) is 0 Å². The van der Waals surface area contributed by atoms with E-state index in [1.807, 2.05) is 32.0 Å². The second-order valence-electron chi connectivity index (χ2n) is 5.77. The molecule has 1 fully saturated rings. The van der Waals surface area contributed by atoms with E-state index in [2.05, 4.69) is 10.3 Å². The van der Waals surface area contributed by atoms with Gasteiger partial charge >= 0.3 is 0 Å². The molecule has 0 radical (unpaired) electrons. The first-order valence-electron chi connectivity index (χ1n) is 7.01. The van der Waals surface area contributed by atoms with E-state index < -0.39 is 6.04 Å². The maximum Gasteiger partial charge on any atom is 0.241 e. The Kier molecular flexibility index (Phi) is 3.22. The van der Waals surface area contributed by atoms with E-state index in [1.54, 1.807) is 0 Å². The molecule has 0 spiro atoms. The summed E-state index contributed by atoms with van der Waals surface area (Å²) in [7, 11) is 0. The van der Waals surface area contributed by atoms with Gasteiger partial charge in [0.05, 0.1) is 6.04 Å². The zero-order valence-electron chi connectivity index (χ0n) is 11.7. The molecule has 20 heavy (non-hydrogen) atoms. The van der Waals surface area contributed by atoms with Crippen LogP contribution in [-0.2, 0) is 4.79 Å². The summed E-state index contributed by atoms with van der Waals surface area (Å²) in [5, 5.41) is 2.82. The molecule has 1 aliphatic carbocycles. The van der Waals surface area contributed by atoms with Crippen molar-refractivity contribution in [2.75, 3.05) is 5.32 Å². The number of nitrogens with two attached hydrogens (primary N) is 1. The molecule has 0 aliphatic heterocycles.